The van der Waals surface area contributed by atoms with Gasteiger partial charge in [-0.2, -0.15) is 0 Å². The van der Waals surface area contributed by atoms with Crippen LogP contribution >= 0.6 is 0 Å². The predicted octanol–water partition coefficient (Wildman–Crippen LogP) is 3.24. The van der Waals surface area contributed by atoms with Crippen LogP contribution in [-0.4, -0.2) is 135 Å². The van der Waals surface area contributed by atoms with Gasteiger partial charge in [-0.3, -0.25) is 0 Å². The molecule has 0 amide bonds. The second-order valence-corrected chi connectivity index (χ2v) is 11.2. The zero-order valence-electron chi connectivity index (χ0n) is 27.6. The molecule has 0 spiro atoms. The lowest BCUT2D eigenvalue weighted by molar-refractivity contribution is -0.110. The molecule has 0 bridgehead atoms. The molecule has 0 saturated heterocycles. The van der Waals surface area contributed by atoms with Gasteiger partial charge >= 0.3 is 0 Å². The fourth-order valence-electron chi connectivity index (χ4n) is 3.24. The molecule has 0 aromatic heterocycles. The molecule has 0 aromatic rings. The van der Waals surface area contributed by atoms with Crippen LogP contribution in [0.15, 0.2) is 0 Å². The van der Waals surface area contributed by atoms with Gasteiger partial charge in [-0.05, 0) is 62.3 Å². The monoisotopic (exact) mass is 597 g/mol. The van der Waals surface area contributed by atoms with Gasteiger partial charge in [0.1, 0.15) is 0 Å². The lowest BCUT2D eigenvalue weighted by Crippen LogP contribution is -2.30. The van der Waals surface area contributed by atoms with E-state index in [4.69, 9.17) is 53.1 Å². The molecule has 0 heterocycles. The lowest BCUT2D eigenvalue weighted by Gasteiger charge is -2.23. The molecule has 11 nitrogen and oxygen atoms in total. The Bertz CT molecular complexity index is 573. The summed E-state index contributed by atoms with van der Waals surface area (Å²) in [5.41, 5.74) is 5.68. The van der Waals surface area contributed by atoms with Crippen molar-refractivity contribution in [3.05, 3.63) is 0 Å². The molecule has 0 aliphatic rings. The van der Waals surface area contributed by atoms with Gasteiger partial charge in [-0.1, -0.05) is 0 Å². The van der Waals surface area contributed by atoms with Crippen molar-refractivity contribution >= 4 is 0 Å². The fourth-order valence-corrected chi connectivity index (χ4v) is 3.24. The van der Waals surface area contributed by atoms with Crippen LogP contribution in [0.25, 0.3) is 0 Å². The minimum Gasteiger partial charge on any atom is -0.382 e. The minimum absolute atomic E-state index is 0.0108. The summed E-state index contributed by atoms with van der Waals surface area (Å²) in [4.78, 5) is 0. The number of nitrogens with two attached hydrogens (primary N) is 1. The summed E-state index contributed by atoms with van der Waals surface area (Å²) < 4.78 is 57.0. The van der Waals surface area contributed by atoms with E-state index >= 15 is 0 Å². The summed E-state index contributed by atoms with van der Waals surface area (Å²) in [6.07, 6.45) is -0.299. The van der Waals surface area contributed by atoms with Crippen molar-refractivity contribution in [2.75, 3.05) is 79.8 Å². The average Bonchev–Trinajstić information content (AvgIpc) is 2.93. The van der Waals surface area contributed by atoms with Crippen LogP contribution in [-0.2, 0) is 47.4 Å². The third-order valence-electron chi connectivity index (χ3n) is 5.73. The molecule has 0 fully saturated rings. The molecule has 0 aliphatic heterocycles. The predicted molar refractivity (Wildman–Crippen MR) is 160 cm³/mol. The number of hydrogen-bond donors (Lipinski definition) is 1. The summed E-state index contributed by atoms with van der Waals surface area (Å²) in [6.45, 7) is 23.4. The summed E-state index contributed by atoms with van der Waals surface area (Å²) in [7, 11) is 1.66. The van der Waals surface area contributed by atoms with E-state index in [1.54, 1.807) is 7.11 Å². The topological polar surface area (TPSA) is 118 Å². The van der Waals surface area contributed by atoms with Crippen LogP contribution in [0.2, 0.25) is 0 Å². The van der Waals surface area contributed by atoms with Crippen LogP contribution in [0.5, 0.6) is 0 Å². The van der Waals surface area contributed by atoms with Crippen molar-refractivity contribution in [2.24, 2.45) is 5.73 Å². The number of rotatable bonds is 29. The van der Waals surface area contributed by atoms with Gasteiger partial charge in [0, 0.05) is 13.2 Å². The fraction of sp³-hybridized carbons (Fsp3) is 1.00. The number of hydrogen-bond acceptors (Lipinski definition) is 11. The van der Waals surface area contributed by atoms with Crippen molar-refractivity contribution in [3.63, 3.8) is 0 Å². The van der Waals surface area contributed by atoms with E-state index in [-0.39, 0.29) is 54.9 Å². The zero-order valence-corrected chi connectivity index (χ0v) is 27.6. The second kappa shape index (κ2) is 26.0. The Balaban J connectivity index is 3.85. The third-order valence-corrected chi connectivity index (χ3v) is 5.73. The van der Waals surface area contributed by atoms with Gasteiger partial charge in [0.2, 0.25) is 0 Å². The first-order chi connectivity index (χ1) is 19.4. The Labute approximate surface area is 250 Å². The molecule has 0 aliphatic carbocycles. The van der Waals surface area contributed by atoms with Crippen LogP contribution in [0, 0.1) is 0 Å². The highest BCUT2D eigenvalue weighted by atomic mass is 16.6. The number of ether oxygens (including phenoxy) is 10. The first kappa shape index (κ1) is 40.6. The van der Waals surface area contributed by atoms with E-state index in [0.717, 1.165) is 0 Å². The van der Waals surface area contributed by atoms with E-state index in [1.165, 1.54) is 0 Å². The van der Waals surface area contributed by atoms with Crippen molar-refractivity contribution in [1.82, 2.24) is 0 Å². The van der Waals surface area contributed by atoms with Crippen LogP contribution in [0.4, 0.5) is 0 Å². The summed E-state index contributed by atoms with van der Waals surface area (Å²) >= 11 is 0. The smallest absolute Gasteiger partial charge is 0.0781 e. The molecule has 0 radical (unpaired) electrons. The number of methoxy groups -OCH3 is 1. The van der Waals surface area contributed by atoms with Crippen molar-refractivity contribution < 1.29 is 47.4 Å². The van der Waals surface area contributed by atoms with Crippen molar-refractivity contribution in [1.29, 1.82) is 0 Å². The highest BCUT2D eigenvalue weighted by Crippen LogP contribution is 2.05. The minimum atomic E-state index is -0.0612. The van der Waals surface area contributed by atoms with E-state index in [1.807, 2.05) is 62.3 Å². The Morgan fingerprint density at radius 1 is 0.366 bits per heavy atom. The van der Waals surface area contributed by atoms with E-state index < -0.39 is 0 Å². The molecular formula is C30H63NO10. The maximum Gasteiger partial charge on any atom is 0.0781 e. The zero-order chi connectivity index (χ0) is 31.0. The third kappa shape index (κ3) is 26.9. The Morgan fingerprint density at radius 2 is 0.634 bits per heavy atom. The molecule has 2 N–H and O–H groups in total. The van der Waals surface area contributed by atoms with Gasteiger partial charge in [-0.15, -0.1) is 0 Å². The van der Waals surface area contributed by atoms with Gasteiger partial charge in [0.25, 0.3) is 0 Å². The molecule has 11 heteroatoms. The van der Waals surface area contributed by atoms with E-state index in [9.17, 15) is 0 Å². The SMILES string of the molecule is COCCO[C@@H](C)CO[C@@H](C)CO[C@H](C)CO[C@H](C)CO[C@@H](C)CO[C@@H](C)CO[C@H](C)CO[C@H](C)COC[C@@H](C)N. The van der Waals surface area contributed by atoms with Crippen molar-refractivity contribution in [3.8, 4) is 0 Å². The van der Waals surface area contributed by atoms with E-state index in [2.05, 4.69) is 0 Å². The van der Waals surface area contributed by atoms with Crippen molar-refractivity contribution in [2.45, 2.75) is 117 Å². The van der Waals surface area contributed by atoms with Gasteiger partial charge in [0.15, 0.2) is 0 Å². The van der Waals surface area contributed by atoms with Crippen LogP contribution in [0.1, 0.15) is 62.3 Å². The molecule has 41 heavy (non-hydrogen) atoms. The summed E-state index contributed by atoms with van der Waals surface area (Å²) in [5, 5.41) is 0. The van der Waals surface area contributed by atoms with Crippen LogP contribution in [0.3, 0.4) is 0 Å². The Kier molecular flexibility index (Phi) is 25.7. The highest BCUT2D eigenvalue weighted by Gasteiger charge is 2.14. The Morgan fingerprint density at radius 3 is 0.902 bits per heavy atom. The molecule has 0 rings (SSSR count). The standard InChI is InChI=1S/C30H63NO10/c1-22(31)13-33-14-23(2)35-16-25(4)37-18-27(6)39-20-29(8)41-21-30(9)40-19-28(7)38-17-26(5)36-15-24(3)34-12-11-32-10/h22-30H,11-21,31H2,1-10H3/t22-,23-,24+,25-,26+,27+,28-,29+,30-/m1/s1. The largest absolute Gasteiger partial charge is 0.382 e. The molecule has 248 valence electrons. The molecule has 9 atom stereocenters. The quantitative estimate of drug-likeness (QED) is 0.128. The second-order valence-electron chi connectivity index (χ2n) is 11.2. The Hall–Kier alpha value is -0.440. The molecule has 0 saturated carbocycles. The molecule has 0 unspecified atom stereocenters. The summed E-state index contributed by atoms with van der Waals surface area (Å²) in [5.74, 6) is 0. The molecule has 0 aromatic carbocycles. The first-order valence-corrected chi connectivity index (χ1v) is 15.2. The van der Waals surface area contributed by atoms with Crippen LogP contribution < -0.4 is 5.73 Å². The average molecular weight is 598 g/mol. The normalized spacial score (nSPS) is 18.8. The van der Waals surface area contributed by atoms with E-state index in [0.29, 0.717) is 72.7 Å². The lowest BCUT2D eigenvalue weighted by atomic mass is 10.3. The highest BCUT2D eigenvalue weighted by molar-refractivity contribution is 4.60. The van der Waals surface area contributed by atoms with Gasteiger partial charge in [0.05, 0.1) is 122 Å². The summed E-state index contributed by atoms with van der Waals surface area (Å²) in [6, 6.07) is 0.0260. The van der Waals surface area contributed by atoms with Gasteiger partial charge in [-0.25, -0.2) is 0 Å². The first-order valence-electron chi connectivity index (χ1n) is 15.2. The maximum atomic E-state index is 5.90. The maximum absolute atomic E-state index is 5.90. The van der Waals surface area contributed by atoms with Gasteiger partial charge < -0.3 is 53.1 Å². The molecular weight excluding hydrogens is 534 g/mol.